The van der Waals surface area contributed by atoms with Gasteiger partial charge in [-0.3, -0.25) is 0 Å². The molecular formula is C20H20B2CoF8N12. The summed E-state index contributed by atoms with van der Waals surface area (Å²) in [6.45, 7) is 0. The smallest absolute Gasteiger partial charge is 0.418 e. The van der Waals surface area contributed by atoms with E-state index < -0.39 is 14.5 Å². The molecule has 1 radical (unpaired) electrons. The molecule has 0 unspecified atom stereocenters. The fraction of sp³-hybridized carbons (Fsp3) is 0.100. The van der Waals surface area contributed by atoms with E-state index in [-0.39, 0.29) is 29.4 Å². The molecule has 0 bridgehead atoms. The summed E-state index contributed by atoms with van der Waals surface area (Å²) >= 11 is 0. The summed E-state index contributed by atoms with van der Waals surface area (Å²) in [5.41, 5.74) is 0. The molecule has 0 N–H and O–H groups in total. The zero-order chi connectivity index (χ0) is 30.6. The Hall–Kier alpha value is -4.66. The molecule has 0 aliphatic heterocycles. The first-order valence-corrected chi connectivity index (χ1v) is 11.6. The second-order valence-corrected chi connectivity index (χ2v) is 7.60. The van der Waals surface area contributed by atoms with E-state index in [9.17, 15) is 34.5 Å². The molecule has 12 nitrogen and oxygen atoms in total. The fourth-order valence-electron chi connectivity index (χ4n) is 3.23. The summed E-state index contributed by atoms with van der Waals surface area (Å²) in [7, 11) is -12.0. The van der Waals surface area contributed by atoms with Crippen LogP contribution in [0.5, 0.6) is 0 Å². The van der Waals surface area contributed by atoms with E-state index in [2.05, 4.69) is 30.6 Å². The summed E-state index contributed by atoms with van der Waals surface area (Å²) < 4.78 is 88.8. The predicted molar refractivity (Wildman–Crippen MR) is 133 cm³/mol. The Kier molecular flexibility index (Phi) is 12.9. The molecule has 6 aromatic rings. The molecule has 0 saturated carbocycles. The molecule has 0 amide bonds. The molecule has 6 rings (SSSR count). The molecular weight excluding hydrogens is 641 g/mol. The van der Waals surface area contributed by atoms with Crippen molar-refractivity contribution >= 4 is 14.5 Å². The zero-order valence-corrected chi connectivity index (χ0v) is 22.5. The van der Waals surface area contributed by atoms with Gasteiger partial charge in [0.1, 0.15) is 0 Å². The van der Waals surface area contributed by atoms with Crippen molar-refractivity contribution in [3.8, 4) is 0 Å². The van der Waals surface area contributed by atoms with Crippen LogP contribution in [0.2, 0.25) is 0 Å². The third-order valence-corrected chi connectivity index (χ3v) is 4.57. The summed E-state index contributed by atoms with van der Waals surface area (Å²) in [5.74, 6) is 0. The third kappa shape index (κ3) is 12.4. The summed E-state index contributed by atoms with van der Waals surface area (Å²) in [6.07, 6.45) is 21.3. The molecule has 43 heavy (non-hydrogen) atoms. The molecule has 6 heterocycles. The number of aromatic nitrogens is 12. The second-order valence-electron chi connectivity index (χ2n) is 7.60. The van der Waals surface area contributed by atoms with Crippen LogP contribution in [0.15, 0.2) is 111 Å². The quantitative estimate of drug-likeness (QED) is 0.195. The van der Waals surface area contributed by atoms with Crippen molar-refractivity contribution in [3.05, 3.63) is 111 Å². The maximum atomic E-state index is 9.75. The maximum Gasteiger partial charge on any atom is 2.00 e. The van der Waals surface area contributed by atoms with Crippen LogP contribution in [-0.2, 0) is 16.8 Å². The molecule has 231 valence electrons. The third-order valence-electron chi connectivity index (χ3n) is 4.57. The van der Waals surface area contributed by atoms with Gasteiger partial charge in [0.25, 0.3) is 0 Å². The molecule has 23 heteroatoms. The average molecular weight is 661 g/mol. The van der Waals surface area contributed by atoms with Crippen molar-refractivity contribution in [1.29, 1.82) is 0 Å². The number of rotatable bonds is 6. The van der Waals surface area contributed by atoms with E-state index in [4.69, 9.17) is 0 Å². The Morgan fingerprint density at radius 1 is 0.349 bits per heavy atom. The van der Waals surface area contributed by atoms with Crippen LogP contribution in [0.1, 0.15) is 12.6 Å². The molecule has 0 saturated heterocycles. The standard InChI is InChI=1S/2C10H10N6.2BF4.Co/c2*1-4-11-14(7-1)10(15-8-2-5-12-15)16-9-3-6-13-16;2*2-1(3,4)5;/h2*1-10H;;;/q;;2*-1;+2. The topological polar surface area (TPSA) is 107 Å². The minimum Gasteiger partial charge on any atom is -0.418 e. The molecule has 0 aliphatic rings. The molecule has 0 fully saturated rings. The summed E-state index contributed by atoms with van der Waals surface area (Å²) in [5, 5.41) is 25.3. The van der Waals surface area contributed by atoms with Gasteiger partial charge in [0.05, 0.1) is 0 Å². The van der Waals surface area contributed by atoms with E-state index in [1.54, 1.807) is 65.3 Å². The van der Waals surface area contributed by atoms with Gasteiger partial charge in [0.2, 0.25) is 12.6 Å². The maximum absolute atomic E-state index is 9.75. The minimum absolute atomic E-state index is 0. The molecule has 0 atom stereocenters. The molecule has 0 aromatic carbocycles. The van der Waals surface area contributed by atoms with E-state index in [1.807, 2.05) is 73.6 Å². The van der Waals surface area contributed by atoms with E-state index in [0.29, 0.717) is 0 Å². The Labute approximate surface area is 247 Å². The Bertz CT molecular complexity index is 1180. The number of nitrogens with zero attached hydrogens (tertiary/aromatic N) is 12. The van der Waals surface area contributed by atoms with Gasteiger partial charge in [-0.1, -0.05) is 0 Å². The van der Waals surface area contributed by atoms with E-state index in [1.165, 1.54) is 0 Å². The van der Waals surface area contributed by atoms with Crippen LogP contribution in [0.3, 0.4) is 0 Å². The van der Waals surface area contributed by atoms with Gasteiger partial charge >= 0.3 is 31.3 Å². The minimum atomic E-state index is -6.00. The van der Waals surface area contributed by atoms with Gasteiger partial charge in [-0.25, -0.2) is 28.1 Å². The largest absolute Gasteiger partial charge is 2.00 e. The molecule has 0 aliphatic carbocycles. The van der Waals surface area contributed by atoms with Crippen molar-refractivity contribution < 1.29 is 51.3 Å². The van der Waals surface area contributed by atoms with Crippen molar-refractivity contribution in [3.63, 3.8) is 0 Å². The van der Waals surface area contributed by atoms with Crippen molar-refractivity contribution in [2.24, 2.45) is 0 Å². The van der Waals surface area contributed by atoms with E-state index in [0.717, 1.165) is 0 Å². The van der Waals surface area contributed by atoms with Crippen LogP contribution in [0.25, 0.3) is 0 Å². The first kappa shape index (κ1) is 34.5. The van der Waals surface area contributed by atoms with Crippen LogP contribution < -0.4 is 0 Å². The van der Waals surface area contributed by atoms with Gasteiger partial charge in [-0.2, -0.15) is 30.6 Å². The first-order valence-electron chi connectivity index (χ1n) is 11.6. The molecule has 6 aromatic heterocycles. The Morgan fingerprint density at radius 2 is 0.488 bits per heavy atom. The van der Waals surface area contributed by atoms with Gasteiger partial charge < -0.3 is 34.5 Å². The fourth-order valence-corrected chi connectivity index (χ4v) is 3.23. The van der Waals surface area contributed by atoms with Gasteiger partial charge in [-0.05, 0) is 36.4 Å². The van der Waals surface area contributed by atoms with Crippen LogP contribution >= 0.6 is 0 Å². The normalized spacial score (nSPS) is 11.0. The van der Waals surface area contributed by atoms with Gasteiger partial charge in [-0.15, -0.1) is 0 Å². The van der Waals surface area contributed by atoms with Crippen LogP contribution in [0, 0.1) is 0 Å². The SMILES string of the molecule is F[B-](F)(F)F.F[B-](F)(F)F.[Co+2].c1cnn(C(n2cccn2)n2cccn2)c1.c1cnn(C(n2cccn2)n2cccn2)c1. The van der Waals surface area contributed by atoms with E-state index >= 15 is 0 Å². The number of halogens is 8. The Morgan fingerprint density at radius 3 is 0.581 bits per heavy atom. The van der Waals surface area contributed by atoms with Crippen molar-refractivity contribution in [1.82, 2.24) is 58.7 Å². The van der Waals surface area contributed by atoms with Crippen LogP contribution in [0.4, 0.5) is 34.5 Å². The number of hydrogen-bond donors (Lipinski definition) is 0. The number of hydrogen-bond acceptors (Lipinski definition) is 6. The average Bonchev–Trinajstić information content (AvgIpc) is 3.72. The zero-order valence-electron chi connectivity index (χ0n) is 21.4. The monoisotopic (exact) mass is 661 g/mol. The molecule has 0 spiro atoms. The van der Waals surface area contributed by atoms with Gasteiger partial charge in [0, 0.05) is 74.4 Å². The van der Waals surface area contributed by atoms with Crippen molar-refractivity contribution in [2.45, 2.75) is 12.6 Å². The van der Waals surface area contributed by atoms with Crippen LogP contribution in [-0.4, -0.2) is 73.2 Å². The van der Waals surface area contributed by atoms with Gasteiger partial charge in [0.15, 0.2) is 0 Å². The van der Waals surface area contributed by atoms with Crippen molar-refractivity contribution in [2.75, 3.05) is 0 Å². The summed E-state index contributed by atoms with van der Waals surface area (Å²) in [4.78, 5) is 0. The summed E-state index contributed by atoms with van der Waals surface area (Å²) in [6, 6.07) is 11.2. The second kappa shape index (κ2) is 16.1. The first-order chi connectivity index (χ1) is 19.9. The Balaban J connectivity index is 0.000000226. The predicted octanol–water partition coefficient (Wildman–Crippen LogP) is 4.26.